The first kappa shape index (κ1) is 22.5. The molecular formula is C27H36N4O. The quantitative estimate of drug-likeness (QED) is 0.627. The van der Waals surface area contributed by atoms with E-state index in [2.05, 4.69) is 60.6 Å². The maximum Gasteiger partial charge on any atom is 0.254 e. The summed E-state index contributed by atoms with van der Waals surface area (Å²) in [4.78, 5) is 14.4. The van der Waals surface area contributed by atoms with Crippen LogP contribution >= 0.6 is 0 Å². The van der Waals surface area contributed by atoms with Gasteiger partial charge in [-0.05, 0) is 72.4 Å². The molecule has 5 heteroatoms. The summed E-state index contributed by atoms with van der Waals surface area (Å²) in [5, 5.41) is 11.5. The van der Waals surface area contributed by atoms with Crippen LogP contribution in [0.2, 0.25) is 0 Å². The molecule has 0 saturated carbocycles. The first-order valence-corrected chi connectivity index (χ1v) is 11.9. The normalized spacial score (nSPS) is 15.9. The maximum atomic E-state index is 12.5. The second-order valence-corrected chi connectivity index (χ2v) is 10.2. The standard InChI is InChI=1S/C14H18N2O.C13H18N2/c17-14(16-9-7-15-8-10-16)13-6-2-4-11-3-1-5-12(11)13;1-13(2,3)7-6-10-4-5-12-11(8-10)9-14-15-12/h2,4,6,15H,1,3,5,7-10H2;4-5,8-9H,6-7H2,1-3H3,(H,14,15). The minimum absolute atomic E-state index is 0.227. The number of amides is 1. The van der Waals surface area contributed by atoms with Gasteiger partial charge in [-0.15, -0.1) is 0 Å². The average molecular weight is 433 g/mol. The molecule has 2 N–H and O–H groups in total. The van der Waals surface area contributed by atoms with Crippen molar-refractivity contribution in [2.75, 3.05) is 26.2 Å². The first-order chi connectivity index (χ1) is 15.4. The summed E-state index contributed by atoms with van der Waals surface area (Å²) in [6, 6.07) is 12.7. The van der Waals surface area contributed by atoms with E-state index in [4.69, 9.17) is 0 Å². The topological polar surface area (TPSA) is 61.0 Å². The number of carbonyl (C=O) groups is 1. The smallest absolute Gasteiger partial charge is 0.254 e. The molecule has 1 fully saturated rings. The Balaban J connectivity index is 0.000000155. The lowest BCUT2D eigenvalue weighted by Crippen LogP contribution is -2.46. The molecule has 0 radical (unpaired) electrons. The van der Waals surface area contributed by atoms with E-state index in [9.17, 15) is 4.79 Å². The zero-order chi connectivity index (χ0) is 22.6. The molecule has 0 bridgehead atoms. The second-order valence-electron chi connectivity index (χ2n) is 10.2. The number of benzene rings is 2. The van der Waals surface area contributed by atoms with Gasteiger partial charge in [0, 0.05) is 37.1 Å². The molecule has 1 amide bonds. The Morgan fingerprint density at radius 3 is 2.69 bits per heavy atom. The van der Waals surface area contributed by atoms with E-state index in [-0.39, 0.29) is 5.91 Å². The third-order valence-electron chi connectivity index (χ3n) is 6.45. The predicted octanol–water partition coefficient (Wildman–Crippen LogP) is 4.76. The summed E-state index contributed by atoms with van der Waals surface area (Å²) >= 11 is 0. The number of nitrogens with one attached hydrogen (secondary N) is 2. The summed E-state index contributed by atoms with van der Waals surface area (Å²) in [6.45, 7) is 10.3. The van der Waals surface area contributed by atoms with Gasteiger partial charge < -0.3 is 10.2 Å². The molecule has 1 aliphatic carbocycles. The van der Waals surface area contributed by atoms with Crippen LogP contribution in [0.3, 0.4) is 0 Å². The van der Waals surface area contributed by atoms with Crippen molar-refractivity contribution in [3.8, 4) is 0 Å². The SMILES string of the molecule is CC(C)(C)CCc1ccc2[nH]ncc2c1.O=C(c1cccc2c1CCC2)N1CCNCC1. The molecule has 2 aromatic carbocycles. The van der Waals surface area contributed by atoms with E-state index in [0.29, 0.717) is 5.41 Å². The number of hydrogen-bond donors (Lipinski definition) is 2. The van der Waals surface area contributed by atoms with Crippen LogP contribution in [0.25, 0.3) is 10.9 Å². The molecule has 5 nitrogen and oxygen atoms in total. The Hall–Kier alpha value is -2.66. The monoisotopic (exact) mass is 432 g/mol. The molecular weight excluding hydrogens is 396 g/mol. The number of rotatable bonds is 3. The van der Waals surface area contributed by atoms with Gasteiger partial charge in [-0.1, -0.05) is 39.0 Å². The van der Waals surface area contributed by atoms with Crippen molar-refractivity contribution in [1.29, 1.82) is 0 Å². The Morgan fingerprint density at radius 1 is 1.09 bits per heavy atom. The van der Waals surface area contributed by atoms with Gasteiger partial charge in [0.2, 0.25) is 0 Å². The molecule has 0 spiro atoms. The lowest BCUT2D eigenvalue weighted by molar-refractivity contribution is 0.0734. The Labute approximate surface area is 191 Å². The molecule has 1 aromatic heterocycles. The highest BCUT2D eigenvalue weighted by atomic mass is 16.2. The number of piperazine rings is 1. The van der Waals surface area contributed by atoms with Crippen LogP contribution < -0.4 is 5.32 Å². The summed E-state index contributed by atoms with van der Waals surface area (Å²) in [7, 11) is 0. The van der Waals surface area contributed by atoms with Crippen molar-refractivity contribution in [2.45, 2.75) is 52.9 Å². The van der Waals surface area contributed by atoms with Crippen LogP contribution in [0, 0.1) is 5.41 Å². The second kappa shape index (κ2) is 9.86. The van der Waals surface area contributed by atoms with Crippen molar-refractivity contribution in [2.24, 2.45) is 5.41 Å². The van der Waals surface area contributed by atoms with Crippen LogP contribution in [0.4, 0.5) is 0 Å². The molecule has 3 aromatic rings. The fourth-order valence-corrected chi connectivity index (χ4v) is 4.53. The van der Waals surface area contributed by atoms with E-state index in [0.717, 1.165) is 56.5 Å². The lowest BCUT2D eigenvalue weighted by Gasteiger charge is -2.28. The van der Waals surface area contributed by atoms with Crippen molar-refractivity contribution in [1.82, 2.24) is 20.4 Å². The van der Waals surface area contributed by atoms with E-state index >= 15 is 0 Å². The molecule has 1 saturated heterocycles. The highest BCUT2D eigenvalue weighted by molar-refractivity contribution is 5.96. The van der Waals surface area contributed by atoms with Crippen molar-refractivity contribution in [3.63, 3.8) is 0 Å². The van der Waals surface area contributed by atoms with Crippen molar-refractivity contribution >= 4 is 16.8 Å². The van der Waals surface area contributed by atoms with Crippen LogP contribution in [0.1, 0.15) is 60.7 Å². The maximum absolute atomic E-state index is 12.5. The molecule has 2 aliphatic rings. The fourth-order valence-electron chi connectivity index (χ4n) is 4.53. The van der Waals surface area contributed by atoms with Gasteiger partial charge in [-0.3, -0.25) is 9.89 Å². The third kappa shape index (κ3) is 5.57. The highest BCUT2D eigenvalue weighted by Gasteiger charge is 2.23. The zero-order valence-corrected chi connectivity index (χ0v) is 19.7. The number of aromatic amines is 1. The molecule has 2 heterocycles. The minimum atomic E-state index is 0.227. The number of hydrogen-bond acceptors (Lipinski definition) is 3. The van der Waals surface area contributed by atoms with Crippen LogP contribution in [-0.4, -0.2) is 47.2 Å². The number of aryl methyl sites for hydroxylation is 2. The van der Waals surface area contributed by atoms with E-state index in [1.165, 1.54) is 34.9 Å². The lowest BCUT2D eigenvalue weighted by atomic mass is 9.88. The Bertz CT molecular complexity index is 1060. The minimum Gasteiger partial charge on any atom is -0.336 e. The van der Waals surface area contributed by atoms with Crippen LogP contribution in [0.15, 0.2) is 42.6 Å². The summed E-state index contributed by atoms with van der Waals surface area (Å²) in [6.07, 6.45) is 7.65. The molecule has 0 atom stereocenters. The largest absolute Gasteiger partial charge is 0.336 e. The average Bonchev–Trinajstić information content (AvgIpc) is 3.46. The molecule has 0 unspecified atom stereocenters. The van der Waals surface area contributed by atoms with Gasteiger partial charge in [0.15, 0.2) is 0 Å². The summed E-state index contributed by atoms with van der Waals surface area (Å²) < 4.78 is 0. The number of fused-ring (bicyclic) bond motifs is 2. The fraction of sp³-hybridized carbons (Fsp3) is 0.481. The molecule has 5 rings (SSSR count). The number of aromatic nitrogens is 2. The van der Waals surface area contributed by atoms with Crippen LogP contribution in [0.5, 0.6) is 0 Å². The van der Waals surface area contributed by atoms with Crippen molar-refractivity contribution < 1.29 is 4.79 Å². The first-order valence-electron chi connectivity index (χ1n) is 11.9. The predicted molar refractivity (Wildman–Crippen MR) is 131 cm³/mol. The molecule has 32 heavy (non-hydrogen) atoms. The molecule has 170 valence electrons. The van der Waals surface area contributed by atoms with Gasteiger partial charge in [-0.2, -0.15) is 5.10 Å². The van der Waals surface area contributed by atoms with Crippen molar-refractivity contribution in [3.05, 3.63) is 64.8 Å². The Morgan fingerprint density at radius 2 is 1.91 bits per heavy atom. The van der Waals surface area contributed by atoms with Gasteiger partial charge in [0.25, 0.3) is 5.91 Å². The number of H-pyrrole nitrogens is 1. The summed E-state index contributed by atoms with van der Waals surface area (Å²) in [5.74, 6) is 0.227. The van der Waals surface area contributed by atoms with E-state index in [1.807, 2.05) is 23.2 Å². The number of carbonyl (C=O) groups excluding carboxylic acids is 1. The van der Waals surface area contributed by atoms with Gasteiger partial charge in [0.05, 0.1) is 11.7 Å². The van der Waals surface area contributed by atoms with Gasteiger partial charge in [-0.25, -0.2) is 0 Å². The summed E-state index contributed by atoms with van der Waals surface area (Å²) in [5.41, 5.74) is 6.56. The number of nitrogens with zero attached hydrogens (tertiary/aromatic N) is 2. The van der Waals surface area contributed by atoms with E-state index < -0.39 is 0 Å². The third-order valence-corrected chi connectivity index (χ3v) is 6.45. The zero-order valence-electron chi connectivity index (χ0n) is 19.7. The Kier molecular flexibility index (Phi) is 6.95. The van der Waals surface area contributed by atoms with Crippen LogP contribution in [-0.2, 0) is 19.3 Å². The van der Waals surface area contributed by atoms with Gasteiger partial charge in [0.1, 0.15) is 0 Å². The highest BCUT2D eigenvalue weighted by Crippen LogP contribution is 2.26. The van der Waals surface area contributed by atoms with Gasteiger partial charge >= 0.3 is 0 Å². The molecule has 1 aliphatic heterocycles. The van der Waals surface area contributed by atoms with E-state index in [1.54, 1.807) is 0 Å².